The molecule has 1 heteroatoms. The number of benzene rings is 6. The number of rotatable bonds is 2. The van der Waals surface area contributed by atoms with Crippen LogP contribution in [0.2, 0.25) is 0 Å². The van der Waals surface area contributed by atoms with E-state index in [-0.39, 0.29) is 0 Å². The summed E-state index contributed by atoms with van der Waals surface area (Å²) in [6.07, 6.45) is 0. The molecule has 6 aromatic rings. The predicted octanol–water partition coefficient (Wildman–Crippen LogP) is 7.50. The zero-order valence-electron chi connectivity index (χ0n) is 15.9. The molecule has 0 aliphatic rings. The van der Waals surface area contributed by atoms with Crippen LogP contribution in [0.25, 0.3) is 54.6 Å². The van der Waals surface area contributed by atoms with E-state index in [1.807, 2.05) is 6.07 Å². The third kappa shape index (κ3) is 2.28. The number of hydrogen-bond acceptors (Lipinski definition) is 1. The fraction of sp³-hybridized carbons (Fsp3) is 0. The first-order valence-corrected chi connectivity index (χ1v) is 9.93. The van der Waals surface area contributed by atoms with Gasteiger partial charge in [0.05, 0.1) is 0 Å². The van der Waals surface area contributed by atoms with Crippen LogP contribution in [-0.4, -0.2) is 0 Å². The van der Waals surface area contributed by atoms with Gasteiger partial charge in [0.15, 0.2) is 0 Å². The van der Waals surface area contributed by atoms with Gasteiger partial charge in [-0.1, -0.05) is 103 Å². The summed E-state index contributed by atoms with van der Waals surface area (Å²) in [5.41, 5.74) is 12.4. The second-order valence-electron chi connectivity index (χ2n) is 7.58. The summed E-state index contributed by atoms with van der Waals surface area (Å²) >= 11 is 0. The number of hydrogen-bond donors (Lipinski definition) is 1. The Balaban J connectivity index is 1.90. The fourth-order valence-electron chi connectivity index (χ4n) is 4.73. The molecule has 0 aliphatic heterocycles. The lowest BCUT2D eigenvalue weighted by molar-refractivity contribution is 1.61. The second kappa shape index (κ2) is 6.08. The summed E-state index contributed by atoms with van der Waals surface area (Å²) in [5.74, 6) is 0. The van der Waals surface area contributed by atoms with Crippen molar-refractivity contribution < 1.29 is 0 Å². The van der Waals surface area contributed by atoms with Gasteiger partial charge in [0.2, 0.25) is 0 Å². The van der Waals surface area contributed by atoms with E-state index in [0.717, 1.165) is 22.2 Å². The van der Waals surface area contributed by atoms with Gasteiger partial charge < -0.3 is 5.73 Å². The van der Waals surface area contributed by atoms with Crippen molar-refractivity contribution in [2.24, 2.45) is 0 Å². The van der Waals surface area contributed by atoms with Crippen LogP contribution in [0.3, 0.4) is 0 Å². The van der Waals surface area contributed by atoms with Crippen LogP contribution >= 0.6 is 0 Å². The lowest BCUT2D eigenvalue weighted by Crippen LogP contribution is -1.98. The molecule has 0 spiro atoms. The summed E-state index contributed by atoms with van der Waals surface area (Å²) in [4.78, 5) is 0. The van der Waals surface area contributed by atoms with Crippen LogP contribution < -0.4 is 5.73 Å². The highest BCUT2D eigenvalue weighted by Gasteiger charge is 2.20. The first-order chi connectivity index (χ1) is 14.3. The summed E-state index contributed by atoms with van der Waals surface area (Å²) in [6.45, 7) is 0. The molecule has 6 aromatic carbocycles. The molecule has 0 unspecified atom stereocenters. The van der Waals surface area contributed by atoms with Gasteiger partial charge in [-0.2, -0.15) is 0 Å². The van der Waals surface area contributed by atoms with Crippen molar-refractivity contribution >= 4 is 38.0 Å². The predicted molar refractivity (Wildman–Crippen MR) is 125 cm³/mol. The van der Waals surface area contributed by atoms with Crippen molar-refractivity contribution in [3.63, 3.8) is 0 Å². The minimum Gasteiger partial charge on any atom is -0.398 e. The van der Waals surface area contributed by atoms with Crippen molar-refractivity contribution in [1.29, 1.82) is 0 Å². The number of nitrogens with two attached hydrogens (primary N) is 1. The van der Waals surface area contributed by atoms with E-state index in [2.05, 4.69) is 97.1 Å². The lowest BCUT2D eigenvalue weighted by Gasteiger charge is -2.21. The zero-order valence-corrected chi connectivity index (χ0v) is 15.9. The van der Waals surface area contributed by atoms with Gasteiger partial charge in [-0.15, -0.1) is 0 Å². The molecule has 136 valence electrons. The van der Waals surface area contributed by atoms with Crippen molar-refractivity contribution in [3.05, 3.63) is 103 Å². The van der Waals surface area contributed by atoms with Gasteiger partial charge in [0.1, 0.15) is 0 Å². The summed E-state index contributed by atoms with van der Waals surface area (Å²) in [5, 5.41) is 7.45. The Morgan fingerprint density at radius 1 is 0.414 bits per heavy atom. The van der Waals surface area contributed by atoms with Gasteiger partial charge in [0, 0.05) is 22.0 Å². The molecule has 0 saturated heterocycles. The standard InChI is InChI=1S/C28H19N/c29-28-23-17-15-21-13-7-12-20-14-16-22(27(23)24(20)21)25(18-8-3-1-4-9-18)26(28)19-10-5-2-6-11-19/h1-17H,29H2. The summed E-state index contributed by atoms with van der Waals surface area (Å²) in [7, 11) is 0. The molecule has 29 heavy (non-hydrogen) atoms. The third-order valence-corrected chi connectivity index (χ3v) is 5.98. The molecular weight excluding hydrogens is 350 g/mol. The van der Waals surface area contributed by atoms with Crippen LogP contribution in [0.5, 0.6) is 0 Å². The average Bonchev–Trinajstić information content (AvgIpc) is 2.79. The van der Waals surface area contributed by atoms with Gasteiger partial charge in [0.25, 0.3) is 0 Å². The summed E-state index contributed by atoms with van der Waals surface area (Å²) < 4.78 is 0. The van der Waals surface area contributed by atoms with E-state index >= 15 is 0 Å². The van der Waals surface area contributed by atoms with Crippen LogP contribution in [0, 0.1) is 0 Å². The Morgan fingerprint density at radius 2 is 0.966 bits per heavy atom. The zero-order chi connectivity index (χ0) is 19.4. The van der Waals surface area contributed by atoms with Gasteiger partial charge >= 0.3 is 0 Å². The topological polar surface area (TPSA) is 26.0 Å². The molecule has 0 amide bonds. The third-order valence-electron chi connectivity index (χ3n) is 5.98. The molecule has 1 nitrogen and oxygen atoms in total. The Bertz CT molecular complexity index is 1470. The lowest BCUT2D eigenvalue weighted by atomic mass is 9.83. The molecule has 2 N–H and O–H groups in total. The van der Waals surface area contributed by atoms with Crippen molar-refractivity contribution in [3.8, 4) is 22.3 Å². The van der Waals surface area contributed by atoms with Crippen molar-refractivity contribution in [1.82, 2.24) is 0 Å². The molecule has 0 radical (unpaired) electrons. The Labute approximate surface area is 169 Å². The van der Waals surface area contributed by atoms with Crippen LogP contribution in [0.1, 0.15) is 0 Å². The molecule has 0 aliphatic carbocycles. The van der Waals surface area contributed by atoms with Gasteiger partial charge in [-0.25, -0.2) is 0 Å². The number of nitrogen functional groups attached to an aromatic ring is 1. The molecule has 0 fully saturated rings. The molecule has 0 heterocycles. The maximum absolute atomic E-state index is 6.90. The van der Waals surface area contributed by atoms with E-state index in [9.17, 15) is 0 Å². The van der Waals surface area contributed by atoms with Crippen LogP contribution in [0.15, 0.2) is 103 Å². The summed E-state index contributed by atoms with van der Waals surface area (Å²) in [6, 6.07) is 36.5. The highest BCUT2D eigenvalue weighted by molar-refractivity contribution is 6.30. The monoisotopic (exact) mass is 369 g/mol. The fourth-order valence-corrected chi connectivity index (χ4v) is 4.73. The van der Waals surface area contributed by atoms with Crippen molar-refractivity contribution in [2.45, 2.75) is 0 Å². The first-order valence-electron chi connectivity index (χ1n) is 9.93. The van der Waals surface area contributed by atoms with E-state index in [0.29, 0.717) is 0 Å². The smallest absolute Gasteiger partial charge is 0.0480 e. The normalized spacial score (nSPS) is 11.6. The number of anilines is 1. The second-order valence-corrected chi connectivity index (χ2v) is 7.58. The molecule has 6 rings (SSSR count). The molecular formula is C28H19N. The van der Waals surface area contributed by atoms with Crippen molar-refractivity contribution in [2.75, 3.05) is 5.73 Å². The van der Waals surface area contributed by atoms with Gasteiger partial charge in [-0.3, -0.25) is 0 Å². The van der Waals surface area contributed by atoms with E-state index < -0.39 is 0 Å². The minimum atomic E-state index is 0.848. The van der Waals surface area contributed by atoms with E-state index in [1.165, 1.54) is 38.1 Å². The Morgan fingerprint density at radius 3 is 1.59 bits per heavy atom. The first kappa shape index (κ1) is 16.1. The largest absolute Gasteiger partial charge is 0.398 e. The van der Waals surface area contributed by atoms with Gasteiger partial charge in [-0.05, 0) is 38.2 Å². The SMILES string of the molecule is Nc1c(-c2ccccc2)c(-c2ccccc2)c2ccc3cccc4ccc1c2c43. The highest BCUT2D eigenvalue weighted by Crippen LogP contribution is 2.48. The minimum absolute atomic E-state index is 0.848. The average molecular weight is 369 g/mol. The van der Waals surface area contributed by atoms with E-state index in [1.54, 1.807) is 0 Å². The molecule has 0 aromatic heterocycles. The quantitative estimate of drug-likeness (QED) is 0.248. The Hall–Kier alpha value is -3.84. The maximum atomic E-state index is 6.90. The molecule has 0 bridgehead atoms. The van der Waals surface area contributed by atoms with E-state index in [4.69, 9.17) is 5.73 Å². The van der Waals surface area contributed by atoms with Crippen LogP contribution in [-0.2, 0) is 0 Å². The maximum Gasteiger partial charge on any atom is 0.0480 e. The Kier molecular flexibility index (Phi) is 3.39. The molecule has 0 saturated carbocycles. The van der Waals surface area contributed by atoms with Crippen LogP contribution in [0.4, 0.5) is 5.69 Å². The highest BCUT2D eigenvalue weighted by atomic mass is 14.6. The molecule has 0 atom stereocenters.